The largest absolute Gasteiger partial charge is 0.519 e. The summed E-state index contributed by atoms with van der Waals surface area (Å²) in [6.45, 7) is 2.94. The molecular formula is C27H29N4O7P. The van der Waals surface area contributed by atoms with E-state index in [0.29, 0.717) is 6.42 Å². The second-order valence-electron chi connectivity index (χ2n) is 9.38. The Kier molecular flexibility index (Phi) is 9.06. The lowest BCUT2D eigenvalue weighted by molar-refractivity contribution is -0.159. The highest BCUT2D eigenvalue weighted by Crippen LogP contribution is 2.29. The molecule has 0 aliphatic rings. The quantitative estimate of drug-likeness (QED) is 0.198. The summed E-state index contributed by atoms with van der Waals surface area (Å²) in [6, 6.07) is 17.5. The van der Waals surface area contributed by atoms with Gasteiger partial charge in [0.25, 0.3) is 5.91 Å². The number of carbonyl (C=O) groups excluding carboxylic acids is 2. The summed E-state index contributed by atoms with van der Waals surface area (Å²) >= 11 is 0. The summed E-state index contributed by atoms with van der Waals surface area (Å²) in [5.41, 5.74) is 2.07. The van der Waals surface area contributed by atoms with Crippen molar-refractivity contribution >= 4 is 21.3 Å². The molecule has 1 amide bonds. The number of carbonyl (C=O) groups is 2. The lowest BCUT2D eigenvalue weighted by Crippen LogP contribution is -2.44. The van der Waals surface area contributed by atoms with Crippen molar-refractivity contribution in [1.29, 1.82) is 0 Å². The number of aryl methyl sites for hydroxylation is 1. The normalized spacial score (nSPS) is 13.4. The summed E-state index contributed by atoms with van der Waals surface area (Å²) in [7, 11) is 2.13. The molecule has 2 heterocycles. The van der Waals surface area contributed by atoms with Crippen LogP contribution < -0.4 is 11.1 Å². The van der Waals surface area contributed by atoms with E-state index >= 15 is 0 Å². The van der Waals surface area contributed by atoms with E-state index in [4.69, 9.17) is 18.1 Å². The van der Waals surface area contributed by atoms with Crippen LogP contribution in [-0.4, -0.2) is 39.9 Å². The maximum atomic E-state index is 13.2. The summed E-state index contributed by atoms with van der Waals surface area (Å²) < 4.78 is 20.5. The van der Waals surface area contributed by atoms with E-state index in [2.05, 4.69) is 30.2 Å². The van der Waals surface area contributed by atoms with Crippen molar-refractivity contribution in [3.05, 3.63) is 94.2 Å². The molecule has 4 aromatic rings. The Morgan fingerprint density at radius 3 is 2.44 bits per heavy atom. The van der Waals surface area contributed by atoms with Crippen molar-refractivity contribution in [3.8, 4) is 11.1 Å². The SMILES string of the molecule is Cc1oc(=O)oc1COC(=O)[C@](C)(COP)C[C@@H](Cc1ccc(-c2ccccc2)cc1)NC(=O)c1cn[nH]n1. The highest BCUT2D eigenvalue weighted by Gasteiger charge is 2.39. The van der Waals surface area contributed by atoms with Crippen molar-refractivity contribution in [1.82, 2.24) is 20.7 Å². The molecule has 3 atom stereocenters. The van der Waals surface area contributed by atoms with Crippen molar-refractivity contribution in [2.75, 3.05) is 6.61 Å². The number of benzene rings is 2. The number of aromatic amines is 1. The van der Waals surface area contributed by atoms with E-state index in [0.717, 1.165) is 16.7 Å². The first kappa shape index (κ1) is 27.9. The molecule has 0 saturated carbocycles. The highest BCUT2D eigenvalue weighted by atomic mass is 31.0. The van der Waals surface area contributed by atoms with E-state index in [1.165, 1.54) is 13.1 Å². The Balaban J connectivity index is 1.53. The standard InChI is InChI=1S/C27H29N4O7P/c1-17-23(38-26(34)37-17)15-35-25(33)27(2,16-36-39)13-21(29-24(32)22-14-28-31-30-22)12-18-8-10-20(11-9-18)19-6-4-3-5-7-19/h3-11,14,21H,12-13,15-16,39H2,1-2H3,(H,29,32)(H,28,30,31)/t21-,27+/m1/s1. The lowest BCUT2D eigenvalue weighted by Gasteiger charge is -2.31. The molecule has 1 unspecified atom stereocenters. The minimum Gasteiger partial charge on any atom is -0.457 e. The van der Waals surface area contributed by atoms with E-state index in [-0.39, 0.29) is 36.8 Å². The Hall–Kier alpha value is -4.08. The molecule has 0 fully saturated rings. The van der Waals surface area contributed by atoms with Crippen molar-refractivity contribution in [2.24, 2.45) is 5.41 Å². The van der Waals surface area contributed by atoms with Crippen LogP contribution in [0.25, 0.3) is 11.1 Å². The van der Waals surface area contributed by atoms with Crippen LogP contribution in [0, 0.1) is 12.3 Å². The number of nitrogens with one attached hydrogen (secondary N) is 2. The van der Waals surface area contributed by atoms with Gasteiger partial charge in [0, 0.05) is 15.5 Å². The van der Waals surface area contributed by atoms with Gasteiger partial charge in [-0.1, -0.05) is 54.6 Å². The highest BCUT2D eigenvalue weighted by molar-refractivity contribution is 7.09. The molecule has 39 heavy (non-hydrogen) atoms. The molecule has 11 nitrogen and oxygen atoms in total. The van der Waals surface area contributed by atoms with E-state index in [9.17, 15) is 14.4 Å². The predicted octanol–water partition coefficient (Wildman–Crippen LogP) is 3.61. The van der Waals surface area contributed by atoms with Gasteiger partial charge in [0.15, 0.2) is 23.8 Å². The average molecular weight is 553 g/mol. The fourth-order valence-electron chi connectivity index (χ4n) is 4.23. The fourth-order valence-corrected chi connectivity index (χ4v) is 4.60. The Labute approximate surface area is 226 Å². The molecule has 0 bridgehead atoms. The molecule has 4 rings (SSSR count). The third kappa shape index (κ3) is 7.28. The van der Waals surface area contributed by atoms with Crippen LogP contribution in [0.1, 0.15) is 40.9 Å². The van der Waals surface area contributed by atoms with Gasteiger partial charge >= 0.3 is 11.8 Å². The summed E-state index contributed by atoms with van der Waals surface area (Å²) in [5, 5.41) is 12.9. The number of H-pyrrole nitrogens is 1. The van der Waals surface area contributed by atoms with Crippen molar-refractivity contribution in [2.45, 2.75) is 39.3 Å². The van der Waals surface area contributed by atoms with E-state index in [1.807, 2.05) is 54.6 Å². The molecule has 2 N–H and O–H groups in total. The molecule has 2 aromatic heterocycles. The molecule has 0 aliphatic heterocycles. The molecule has 0 radical (unpaired) electrons. The molecule has 204 valence electrons. The summed E-state index contributed by atoms with van der Waals surface area (Å²) in [5.74, 6) is -1.55. The van der Waals surface area contributed by atoms with Gasteiger partial charge in [-0.05, 0) is 43.4 Å². The zero-order valence-electron chi connectivity index (χ0n) is 21.5. The van der Waals surface area contributed by atoms with Gasteiger partial charge in [-0.15, -0.1) is 0 Å². The van der Waals surface area contributed by atoms with E-state index < -0.39 is 29.2 Å². The molecule has 12 heteroatoms. The van der Waals surface area contributed by atoms with Crippen molar-refractivity contribution < 1.29 is 27.7 Å². The van der Waals surface area contributed by atoms with Gasteiger partial charge in [0.05, 0.1) is 18.2 Å². The third-order valence-electron chi connectivity index (χ3n) is 6.29. The number of nitrogens with zero attached hydrogens (tertiary/aromatic N) is 2. The number of hydrogen-bond acceptors (Lipinski definition) is 9. The number of aromatic nitrogens is 3. The first-order chi connectivity index (χ1) is 18.8. The molecule has 0 spiro atoms. The first-order valence-electron chi connectivity index (χ1n) is 12.2. The smallest absolute Gasteiger partial charge is 0.457 e. The number of esters is 1. The van der Waals surface area contributed by atoms with Gasteiger partial charge in [0.1, 0.15) is 0 Å². The van der Waals surface area contributed by atoms with Crippen molar-refractivity contribution in [3.63, 3.8) is 0 Å². The molecule has 0 saturated heterocycles. The van der Waals surface area contributed by atoms with Crippen LogP contribution in [0.3, 0.4) is 0 Å². The number of rotatable bonds is 12. The predicted molar refractivity (Wildman–Crippen MR) is 143 cm³/mol. The van der Waals surface area contributed by atoms with Gasteiger partial charge in [0.2, 0.25) is 0 Å². The number of amides is 1. The maximum Gasteiger partial charge on any atom is 0.519 e. The summed E-state index contributed by atoms with van der Waals surface area (Å²) in [4.78, 5) is 37.4. The average Bonchev–Trinajstić information content (AvgIpc) is 3.58. The number of ether oxygens (including phenoxy) is 1. The zero-order valence-corrected chi connectivity index (χ0v) is 22.7. The van der Waals surface area contributed by atoms with Gasteiger partial charge in [-0.2, -0.15) is 15.4 Å². The van der Waals surface area contributed by atoms with Gasteiger partial charge in [-0.3, -0.25) is 9.59 Å². The van der Waals surface area contributed by atoms with Crippen LogP contribution in [0.15, 0.2) is 74.4 Å². The van der Waals surface area contributed by atoms with Crippen LogP contribution in [0.2, 0.25) is 0 Å². The number of hydrogen-bond donors (Lipinski definition) is 2. The minimum atomic E-state index is -1.16. The molecular weight excluding hydrogens is 523 g/mol. The second-order valence-corrected chi connectivity index (χ2v) is 9.71. The maximum absolute atomic E-state index is 13.2. The van der Waals surface area contributed by atoms with Crippen LogP contribution in [-0.2, 0) is 27.1 Å². The Morgan fingerprint density at radius 2 is 1.82 bits per heavy atom. The Bertz CT molecular complexity index is 1440. The topological polar surface area (TPSA) is 150 Å². The van der Waals surface area contributed by atoms with Crippen LogP contribution in [0.5, 0.6) is 0 Å². The second kappa shape index (κ2) is 12.6. The minimum absolute atomic E-state index is 0.00586. The van der Waals surface area contributed by atoms with Gasteiger partial charge < -0.3 is 23.4 Å². The Morgan fingerprint density at radius 1 is 1.10 bits per heavy atom. The van der Waals surface area contributed by atoms with Crippen LogP contribution >= 0.6 is 9.47 Å². The first-order valence-corrected chi connectivity index (χ1v) is 12.6. The van der Waals surface area contributed by atoms with E-state index in [1.54, 1.807) is 6.92 Å². The molecule has 0 aliphatic carbocycles. The van der Waals surface area contributed by atoms with Crippen LogP contribution in [0.4, 0.5) is 0 Å². The lowest BCUT2D eigenvalue weighted by atomic mass is 9.82. The third-order valence-corrected chi connectivity index (χ3v) is 6.45. The zero-order chi connectivity index (χ0) is 27.8. The summed E-state index contributed by atoms with van der Waals surface area (Å²) in [6.07, 6.45) is 1.92. The monoisotopic (exact) mass is 552 g/mol. The van der Waals surface area contributed by atoms with Gasteiger partial charge in [-0.25, -0.2) is 4.79 Å². The fraction of sp³-hybridized carbons (Fsp3) is 0.296. The molecule has 2 aromatic carbocycles.